The molecule has 0 aromatic heterocycles. The third kappa shape index (κ3) is 18.6. The first kappa shape index (κ1) is 63.0. The number of aliphatic hydroxyl groups excluding tert-OH is 2. The fourth-order valence-electron chi connectivity index (χ4n) is 10.7. The molecule has 15 atom stereocenters. The lowest BCUT2D eigenvalue weighted by Gasteiger charge is -2.43. The van der Waals surface area contributed by atoms with E-state index in [2.05, 4.69) is 0 Å². The monoisotopic (exact) mass is 1050 g/mol. The van der Waals surface area contributed by atoms with Crippen molar-refractivity contribution in [3.8, 4) is 0 Å². The number of fused-ring (bicyclic) bond motifs is 3. The Morgan fingerprint density at radius 3 is 2.19 bits per heavy atom. The number of piperidine rings is 1. The van der Waals surface area contributed by atoms with Crippen LogP contribution in [0.3, 0.4) is 0 Å². The van der Waals surface area contributed by atoms with Gasteiger partial charge in [0.05, 0.1) is 64.1 Å². The van der Waals surface area contributed by atoms with Crippen LogP contribution >= 0.6 is 0 Å². The van der Waals surface area contributed by atoms with Crippen molar-refractivity contribution in [2.24, 2.45) is 35.5 Å². The molecule has 0 aromatic carbocycles. The van der Waals surface area contributed by atoms with E-state index in [0.717, 1.165) is 5.57 Å². The van der Waals surface area contributed by atoms with Crippen molar-refractivity contribution in [3.63, 3.8) is 0 Å². The molecule has 17 heteroatoms. The van der Waals surface area contributed by atoms with E-state index < -0.39 is 83.9 Å². The number of Topliss-reactive ketones (excluding diaryl/α,β-unsaturated/α-hetero) is 3. The normalized spacial score (nSPS) is 35.8. The molecule has 17 nitrogen and oxygen atoms in total. The van der Waals surface area contributed by atoms with Gasteiger partial charge in [-0.25, -0.2) is 4.79 Å². The van der Waals surface area contributed by atoms with Crippen molar-refractivity contribution < 1.29 is 77.2 Å². The van der Waals surface area contributed by atoms with Crippen LogP contribution in [0, 0.1) is 35.5 Å². The molecule has 3 N–H and O–H groups in total. The molecule has 1 aliphatic carbocycles. The summed E-state index contributed by atoms with van der Waals surface area (Å²) in [7, 11) is 4.55. The maximum Gasteiger partial charge on any atom is 0.329 e. The third-order valence-electron chi connectivity index (χ3n) is 15.5. The van der Waals surface area contributed by atoms with E-state index in [1.165, 1.54) is 12.0 Å². The zero-order chi connectivity index (χ0) is 54.5. The van der Waals surface area contributed by atoms with Gasteiger partial charge in [0.2, 0.25) is 5.79 Å². The first-order chi connectivity index (χ1) is 35.2. The summed E-state index contributed by atoms with van der Waals surface area (Å²) in [6.07, 6.45) is 10.6. The van der Waals surface area contributed by atoms with E-state index in [1.807, 2.05) is 58.1 Å². The molecule has 4 aliphatic rings. The molecule has 3 fully saturated rings. The van der Waals surface area contributed by atoms with Crippen LogP contribution in [0.2, 0.25) is 0 Å². The zero-order valence-electron chi connectivity index (χ0n) is 46.1. The molecule has 3 aliphatic heterocycles. The summed E-state index contributed by atoms with van der Waals surface area (Å²) in [6.45, 7) is 14.9. The highest BCUT2D eigenvalue weighted by Gasteiger charge is 2.53. The number of nitrogens with zero attached hydrogens (tertiary/aromatic N) is 1. The van der Waals surface area contributed by atoms with E-state index in [4.69, 9.17) is 37.9 Å². The number of aliphatic hydroxyl groups is 3. The molecule has 0 radical (unpaired) electrons. The lowest BCUT2D eigenvalue weighted by Crippen LogP contribution is -2.61. The Balaban J connectivity index is 1.68. The van der Waals surface area contributed by atoms with Crippen molar-refractivity contribution in [2.45, 2.75) is 180 Å². The van der Waals surface area contributed by atoms with Crippen molar-refractivity contribution in [2.75, 3.05) is 67.5 Å². The SMILES string of the molecule is COCCOCCOCCOC1C[C@@H]2CC[C@@H](C)[C@@](O)(O2)C(=O)C(=O)N2CCCC[C@H]2C(=O)O[C@H]([C@H](C)C[C@@H]2CC[C@@H](O)[C@H](OC)C2)CC(=O)[C@H](C)/C=C(\C)[C@@H](O)[C@@H](OC)C(=O)[C@H](C)C[C@H](C)/C=C/C=CC=C1C. The maximum absolute atomic E-state index is 14.5. The molecule has 1 saturated carbocycles. The Morgan fingerprint density at radius 1 is 0.797 bits per heavy atom. The van der Waals surface area contributed by atoms with Crippen molar-refractivity contribution in [3.05, 3.63) is 47.6 Å². The number of carbonyl (C=O) groups excluding carboxylic acids is 5. The number of hydrogen-bond acceptors (Lipinski definition) is 16. The van der Waals surface area contributed by atoms with Gasteiger partial charge in [-0.3, -0.25) is 19.2 Å². The standard InChI is InChI=1S/C57H91NO16/c1-36-16-12-11-13-17-37(2)48(72-29-28-71-27-26-70-25-24-67-8)34-44-21-19-42(7)57(66,74-44)54(63)55(64)58-23-15-14-18-45(58)56(65)73-49(39(4)32-43-20-22-46(59)50(33-43)68-9)35-47(60)38(3)31-41(6)52(62)53(69-10)51(61)40(5)30-36/h11-13,16-17,31,36,38-40,42-46,48-50,52-53,59,62,66H,14-15,18-30,32-35H2,1-10H3/b13-11?,16-12+,37-17?,41-31+/t36-,38-,39-,40-,42-,43+,44+,45+,46-,48?,49+,50-,52-,53+,57-/m1/s1. The number of methoxy groups -OCH3 is 3. The Bertz CT molecular complexity index is 1920. The Hall–Kier alpha value is -3.49. The van der Waals surface area contributed by atoms with E-state index in [9.17, 15) is 39.3 Å². The van der Waals surface area contributed by atoms with Gasteiger partial charge >= 0.3 is 5.97 Å². The van der Waals surface area contributed by atoms with Crippen LogP contribution in [0.1, 0.15) is 126 Å². The molecule has 420 valence electrons. The van der Waals surface area contributed by atoms with E-state index in [-0.39, 0.29) is 74.4 Å². The lowest BCUT2D eigenvalue weighted by atomic mass is 9.78. The summed E-state index contributed by atoms with van der Waals surface area (Å²) in [5.41, 5.74) is 1.22. The number of allylic oxidation sites excluding steroid dienone is 6. The van der Waals surface area contributed by atoms with Gasteiger partial charge in [0.15, 0.2) is 5.78 Å². The zero-order valence-corrected chi connectivity index (χ0v) is 46.1. The van der Waals surface area contributed by atoms with Crippen LogP contribution < -0.4 is 0 Å². The lowest BCUT2D eigenvalue weighted by molar-refractivity contribution is -0.266. The summed E-state index contributed by atoms with van der Waals surface area (Å²) in [4.78, 5) is 72.6. The third-order valence-corrected chi connectivity index (χ3v) is 15.5. The highest BCUT2D eigenvalue weighted by Crippen LogP contribution is 2.38. The first-order valence-corrected chi connectivity index (χ1v) is 27.2. The van der Waals surface area contributed by atoms with Gasteiger partial charge in [-0.1, -0.05) is 71.1 Å². The number of hydrogen-bond donors (Lipinski definition) is 3. The van der Waals surface area contributed by atoms with Gasteiger partial charge in [0.25, 0.3) is 11.7 Å². The molecule has 74 heavy (non-hydrogen) atoms. The van der Waals surface area contributed by atoms with Crippen LogP contribution in [-0.2, 0) is 61.9 Å². The average Bonchev–Trinajstić information content (AvgIpc) is 3.38. The molecule has 2 saturated heterocycles. The first-order valence-electron chi connectivity index (χ1n) is 27.2. The fraction of sp³-hybridized carbons (Fsp3) is 0.772. The molecule has 1 unspecified atom stereocenters. The minimum atomic E-state index is -2.49. The van der Waals surface area contributed by atoms with Crippen LogP contribution in [0.15, 0.2) is 47.6 Å². The summed E-state index contributed by atoms with van der Waals surface area (Å²) >= 11 is 0. The fourth-order valence-corrected chi connectivity index (χ4v) is 10.7. The maximum atomic E-state index is 14.5. The van der Waals surface area contributed by atoms with E-state index >= 15 is 0 Å². The predicted octanol–water partition coefficient (Wildman–Crippen LogP) is 6.23. The van der Waals surface area contributed by atoms with E-state index in [0.29, 0.717) is 89.8 Å². The summed E-state index contributed by atoms with van der Waals surface area (Å²) in [5.74, 6) is -8.25. The Kier molecular flexibility index (Phi) is 27.0. The smallest absolute Gasteiger partial charge is 0.329 e. The van der Waals surface area contributed by atoms with Gasteiger partial charge in [0.1, 0.15) is 30.1 Å². The second-order valence-corrected chi connectivity index (χ2v) is 21.4. The predicted molar refractivity (Wildman–Crippen MR) is 278 cm³/mol. The minimum Gasteiger partial charge on any atom is -0.460 e. The Morgan fingerprint density at radius 2 is 1.50 bits per heavy atom. The average molecular weight is 1050 g/mol. The number of carbonyl (C=O) groups is 5. The van der Waals surface area contributed by atoms with Gasteiger partial charge < -0.3 is 58.1 Å². The van der Waals surface area contributed by atoms with Gasteiger partial charge in [-0.05, 0) is 107 Å². The Labute approximate surface area is 440 Å². The minimum absolute atomic E-state index is 0.0133. The second-order valence-electron chi connectivity index (χ2n) is 21.4. The van der Waals surface area contributed by atoms with Gasteiger partial charge in [-0.2, -0.15) is 0 Å². The van der Waals surface area contributed by atoms with Crippen molar-refractivity contribution in [1.29, 1.82) is 0 Å². The molecular weight excluding hydrogens is 955 g/mol. The van der Waals surface area contributed by atoms with Gasteiger partial charge in [-0.15, -0.1) is 0 Å². The van der Waals surface area contributed by atoms with Crippen molar-refractivity contribution in [1.82, 2.24) is 4.90 Å². The highest BCUT2D eigenvalue weighted by atomic mass is 16.6. The van der Waals surface area contributed by atoms with Crippen LogP contribution in [0.25, 0.3) is 0 Å². The summed E-state index contributed by atoms with van der Waals surface area (Å²) in [5, 5.41) is 34.2. The summed E-state index contributed by atoms with van der Waals surface area (Å²) in [6, 6.07) is -1.17. The number of esters is 1. The molecule has 1 amide bonds. The van der Waals surface area contributed by atoms with Crippen LogP contribution in [0.4, 0.5) is 0 Å². The molecule has 0 spiro atoms. The quantitative estimate of drug-likeness (QED) is 0.0716. The van der Waals surface area contributed by atoms with Crippen LogP contribution in [-0.4, -0.2) is 172 Å². The number of ether oxygens (including phenoxy) is 8. The number of rotatable bonds is 15. The molecule has 4 rings (SSSR count). The molecule has 0 aromatic rings. The summed E-state index contributed by atoms with van der Waals surface area (Å²) < 4.78 is 46.4. The molecular formula is C57H91NO16. The van der Waals surface area contributed by atoms with Crippen molar-refractivity contribution >= 4 is 29.2 Å². The number of ketones is 3. The van der Waals surface area contributed by atoms with Crippen LogP contribution in [0.5, 0.6) is 0 Å². The number of cyclic esters (lactones) is 1. The highest BCUT2D eigenvalue weighted by molar-refractivity contribution is 6.39. The van der Waals surface area contributed by atoms with Gasteiger partial charge in [0, 0.05) is 58.5 Å². The number of amides is 1. The molecule has 2 bridgehead atoms. The topological polar surface area (TPSA) is 223 Å². The second kappa shape index (κ2) is 31.7. The largest absolute Gasteiger partial charge is 0.460 e. The molecule has 3 heterocycles. The van der Waals surface area contributed by atoms with E-state index in [1.54, 1.807) is 41.1 Å².